The topological polar surface area (TPSA) is 93.5 Å². The molecule has 4 N–H and O–H groups in total. The summed E-state index contributed by atoms with van der Waals surface area (Å²) in [5.41, 5.74) is 5.65. The first kappa shape index (κ1) is 19.6. The maximum absolute atomic E-state index is 12.2. The van der Waals surface area contributed by atoms with E-state index in [2.05, 4.69) is 15.4 Å². The second-order valence-corrected chi connectivity index (χ2v) is 5.28. The number of benzene rings is 1. The molecule has 0 aliphatic carbocycles. The van der Waals surface area contributed by atoms with Crippen molar-refractivity contribution in [3.63, 3.8) is 0 Å². The molecule has 2 unspecified atom stereocenters. The fourth-order valence-corrected chi connectivity index (χ4v) is 1.96. The molecule has 0 spiro atoms. The summed E-state index contributed by atoms with van der Waals surface area (Å²) in [4.78, 5) is 23.1. The van der Waals surface area contributed by atoms with Crippen LogP contribution in [0.2, 0.25) is 0 Å². The van der Waals surface area contributed by atoms with E-state index in [1.165, 1.54) is 12.1 Å². The molecule has 6 nitrogen and oxygen atoms in total. The van der Waals surface area contributed by atoms with E-state index < -0.39 is 24.3 Å². The molecule has 134 valence electrons. The molecule has 0 aliphatic rings. The van der Waals surface area contributed by atoms with Crippen molar-refractivity contribution in [2.24, 2.45) is 11.7 Å². The maximum atomic E-state index is 12.2. The minimum absolute atomic E-state index is 0.0957. The second kappa shape index (κ2) is 8.42. The van der Waals surface area contributed by atoms with E-state index in [-0.39, 0.29) is 18.2 Å². The number of rotatable bonds is 7. The Morgan fingerprint density at radius 3 is 2.29 bits per heavy atom. The number of nitrogens with two attached hydrogens (primary N) is 1. The largest absolute Gasteiger partial charge is 0.573 e. The number of halogens is 3. The average molecular weight is 347 g/mol. The normalized spacial score (nSPS) is 13.7. The highest BCUT2D eigenvalue weighted by atomic mass is 19.4. The third-order valence-electron chi connectivity index (χ3n) is 3.42. The number of carbonyl (C=O) groups excluding carboxylic acids is 2. The third-order valence-corrected chi connectivity index (χ3v) is 3.42. The van der Waals surface area contributed by atoms with Crippen molar-refractivity contribution in [2.45, 2.75) is 39.2 Å². The zero-order chi connectivity index (χ0) is 18.3. The molecule has 0 radical (unpaired) electrons. The lowest BCUT2D eigenvalue weighted by atomic mass is 9.98. The second-order valence-electron chi connectivity index (χ2n) is 5.28. The van der Waals surface area contributed by atoms with E-state index in [9.17, 15) is 22.8 Å². The van der Waals surface area contributed by atoms with Crippen molar-refractivity contribution < 1.29 is 27.5 Å². The Morgan fingerprint density at radius 1 is 1.25 bits per heavy atom. The molecule has 0 bridgehead atoms. The zero-order valence-electron chi connectivity index (χ0n) is 13.3. The number of primary amides is 1. The number of hydrogen-bond donors (Lipinski definition) is 3. The van der Waals surface area contributed by atoms with E-state index >= 15 is 0 Å². The molecule has 9 heteroatoms. The first-order valence-corrected chi connectivity index (χ1v) is 7.30. The van der Waals surface area contributed by atoms with Crippen molar-refractivity contribution in [3.05, 3.63) is 29.8 Å². The highest BCUT2D eigenvalue weighted by Crippen LogP contribution is 2.22. The number of amides is 3. The Morgan fingerprint density at radius 2 is 1.83 bits per heavy atom. The van der Waals surface area contributed by atoms with Crippen LogP contribution in [0, 0.1) is 5.92 Å². The van der Waals surface area contributed by atoms with Gasteiger partial charge in [-0.1, -0.05) is 32.4 Å². The smallest absolute Gasteiger partial charge is 0.406 e. The molecule has 3 amide bonds. The highest BCUT2D eigenvalue weighted by molar-refractivity contribution is 5.86. The summed E-state index contributed by atoms with van der Waals surface area (Å²) in [7, 11) is 0. The van der Waals surface area contributed by atoms with Crippen LogP contribution in [0.25, 0.3) is 0 Å². The standard InChI is InChI=1S/C15H20F3N3O3/c1-3-9(2)12(21-14(19)23)13(22)20-8-10-4-6-11(7-5-10)24-15(16,17)18/h4-7,9,12H,3,8H2,1-2H3,(H,20,22)(H3,19,21,23). The van der Waals surface area contributed by atoms with Gasteiger partial charge in [0.25, 0.3) is 0 Å². The molecule has 2 atom stereocenters. The Hall–Kier alpha value is -2.45. The summed E-state index contributed by atoms with van der Waals surface area (Å²) in [6, 6.07) is 3.54. The summed E-state index contributed by atoms with van der Waals surface area (Å²) >= 11 is 0. The number of nitrogens with one attached hydrogen (secondary N) is 2. The van der Waals surface area contributed by atoms with Crippen molar-refractivity contribution >= 4 is 11.9 Å². The fourth-order valence-electron chi connectivity index (χ4n) is 1.96. The van der Waals surface area contributed by atoms with Crippen molar-refractivity contribution in [3.8, 4) is 5.75 Å². The number of alkyl halides is 3. The lowest BCUT2D eigenvalue weighted by Crippen LogP contribution is -2.51. The summed E-state index contributed by atoms with van der Waals surface area (Å²) in [6.45, 7) is 3.76. The number of ether oxygens (including phenoxy) is 1. The molecule has 1 aromatic rings. The van der Waals surface area contributed by atoms with Crippen LogP contribution in [-0.2, 0) is 11.3 Å². The lowest BCUT2D eigenvalue weighted by molar-refractivity contribution is -0.274. The third kappa shape index (κ3) is 6.76. The van der Waals surface area contributed by atoms with E-state index in [4.69, 9.17) is 5.73 Å². The number of hydrogen-bond acceptors (Lipinski definition) is 3. The minimum atomic E-state index is -4.75. The predicted octanol–water partition coefficient (Wildman–Crippen LogP) is 2.28. The van der Waals surface area contributed by atoms with E-state index in [1.54, 1.807) is 6.92 Å². The summed E-state index contributed by atoms with van der Waals surface area (Å²) < 4.78 is 40.0. The van der Waals surface area contributed by atoms with Gasteiger partial charge in [-0.25, -0.2) is 4.79 Å². The Kier molecular flexibility index (Phi) is 6.87. The van der Waals surface area contributed by atoms with Gasteiger partial charge in [-0.15, -0.1) is 13.2 Å². The van der Waals surface area contributed by atoms with Gasteiger partial charge >= 0.3 is 12.4 Å². The predicted molar refractivity (Wildman–Crippen MR) is 80.9 cm³/mol. The lowest BCUT2D eigenvalue weighted by Gasteiger charge is -2.22. The van der Waals surface area contributed by atoms with E-state index in [1.807, 2.05) is 6.92 Å². The first-order valence-electron chi connectivity index (χ1n) is 7.30. The molecule has 0 aromatic heterocycles. The van der Waals surface area contributed by atoms with Crippen LogP contribution in [-0.4, -0.2) is 24.3 Å². The van der Waals surface area contributed by atoms with Gasteiger partial charge in [0.1, 0.15) is 11.8 Å². The van der Waals surface area contributed by atoms with E-state index in [0.29, 0.717) is 12.0 Å². The number of carbonyl (C=O) groups is 2. The molecule has 0 saturated heterocycles. The summed E-state index contributed by atoms with van der Waals surface area (Å²) in [5, 5.41) is 5.00. The van der Waals surface area contributed by atoms with Crippen LogP contribution < -0.4 is 21.1 Å². The van der Waals surface area contributed by atoms with Crippen LogP contribution in [0.5, 0.6) is 5.75 Å². The van der Waals surface area contributed by atoms with Gasteiger partial charge < -0.3 is 21.1 Å². The quantitative estimate of drug-likeness (QED) is 0.706. The first-order chi connectivity index (χ1) is 11.1. The van der Waals surface area contributed by atoms with Gasteiger partial charge in [-0.3, -0.25) is 4.79 Å². The fraction of sp³-hybridized carbons (Fsp3) is 0.467. The van der Waals surface area contributed by atoms with Gasteiger partial charge in [0, 0.05) is 6.54 Å². The summed E-state index contributed by atoms with van der Waals surface area (Å²) in [6.07, 6.45) is -4.10. The van der Waals surface area contributed by atoms with Crippen LogP contribution in [0.4, 0.5) is 18.0 Å². The minimum Gasteiger partial charge on any atom is -0.406 e. The SMILES string of the molecule is CCC(C)C(NC(N)=O)C(=O)NCc1ccc(OC(F)(F)F)cc1. The molecular formula is C15H20F3N3O3. The molecule has 0 saturated carbocycles. The molecule has 0 aliphatic heterocycles. The van der Waals surface area contributed by atoms with Crippen LogP contribution in [0.3, 0.4) is 0 Å². The Labute approximate surface area is 137 Å². The van der Waals surface area contributed by atoms with Crippen LogP contribution in [0.15, 0.2) is 24.3 Å². The van der Waals surface area contributed by atoms with Gasteiger partial charge in [0.05, 0.1) is 0 Å². The Bertz CT molecular complexity index is 561. The highest BCUT2D eigenvalue weighted by Gasteiger charge is 2.31. The maximum Gasteiger partial charge on any atom is 0.573 e. The monoisotopic (exact) mass is 347 g/mol. The molecule has 1 aromatic carbocycles. The molecule has 1 rings (SSSR count). The van der Waals surface area contributed by atoms with Crippen molar-refractivity contribution in [1.82, 2.24) is 10.6 Å². The van der Waals surface area contributed by atoms with Gasteiger partial charge in [0.15, 0.2) is 0 Å². The van der Waals surface area contributed by atoms with Crippen LogP contribution in [0.1, 0.15) is 25.8 Å². The zero-order valence-corrected chi connectivity index (χ0v) is 13.3. The molecule has 0 fully saturated rings. The molecule has 0 heterocycles. The Balaban J connectivity index is 2.63. The molecule has 24 heavy (non-hydrogen) atoms. The van der Waals surface area contributed by atoms with Crippen molar-refractivity contribution in [1.29, 1.82) is 0 Å². The number of urea groups is 1. The van der Waals surface area contributed by atoms with Gasteiger partial charge in [-0.2, -0.15) is 0 Å². The van der Waals surface area contributed by atoms with E-state index in [0.717, 1.165) is 12.1 Å². The van der Waals surface area contributed by atoms with Gasteiger partial charge in [-0.05, 0) is 23.6 Å². The van der Waals surface area contributed by atoms with Crippen LogP contribution >= 0.6 is 0 Å². The summed E-state index contributed by atoms with van der Waals surface area (Å²) in [5.74, 6) is -0.885. The average Bonchev–Trinajstić information content (AvgIpc) is 2.49. The van der Waals surface area contributed by atoms with Gasteiger partial charge in [0.2, 0.25) is 5.91 Å². The van der Waals surface area contributed by atoms with Crippen molar-refractivity contribution in [2.75, 3.05) is 0 Å². The molecular weight excluding hydrogens is 327 g/mol.